The smallest absolute Gasteiger partial charge is 0.240 e. The molecule has 1 aliphatic heterocycles. The number of carbonyl (C=O) groups excluding carboxylic acids is 2. The van der Waals surface area contributed by atoms with Gasteiger partial charge in [-0.05, 0) is 36.5 Å². The minimum absolute atomic E-state index is 0.112. The molecule has 8 heteroatoms. The summed E-state index contributed by atoms with van der Waals surface area (Å²) in [5.74, 6) is 0.904. The molecule has 1 saturated carbocycles. The predicted octanol–water partition coefficient (Wildman–Crippen LogP) is 4.45. The van der Waals surface area contributed by atoms with E-state index >= 15 is 0 Å². The molecule has 4 atom stereocenters. The number of nitrogens with zero attached hydrogens (tertiary/aromatic N) is 3. The molecule has 2 fully saturated rings. The fourth-order valence-corrected chi connectivity index (χ4v) is 5.90. The molecule has 1 saturated heterocycles. The molecule has 0 N–H and O–H groups in total. The average molecular weight is 424 g/mol. The fourth-order valence-electron chi connectivity index (χ4n) is 4.73. The Labute approximate surface area is 174 Å². The molecule has 2 aliphatic carbocycles. The molecule has 3 aromatic rings. The number of fused-ring (bicyclic) bond motifs is 6. The fraction of sp³-hybridized carbons (Fsp3) is 0.238. The zero-order valence-electron chi connectivity index (χ0n) is 15.0. The second kappa shape index (κ2) is 6.11. The van der Waals surface area contributed by atoms with Crippen molar-refractivity contribution in [3.63, 3.8) is 0 Å². The normalized spacial score (nSPS) is 27.3. The lowest BCUT2D eigenvalue weighted by Crippen LogP contribution is -2.32. The molecule has 144 valence electrons. The summed E-state index contributed by atoms with van der Waals surface area (Å²) >= 11 is 7.23. The lowest BCUT2D eigenvalue weighted by Gasteiger charge is -2.14. The number of imide groups is 1. The van der Waals surface area contributed by atoms with Gasteiger partial charge in [0.1, 0.15) is 16.7 Å². The Bertz CT molecular complexity index is 1190. The largest absolute Gasteiger partial charge is 0.457 e. The predicted molar refractivity (Wildman–Crippen MR) is 109 cm³/mol. The summed E-state index contributed by atoms with van der Waals surface area (Å²) in [6.07, 6.45) is 6.67. The molecule has 0 spiro atoms. The molecule has 6 nitrogen and oxygen atoms in total. The highest BCUT2D eigenvalue weighted by molar-refractivity contribution is 7.22. The van der Waals surface area contributed by atoms with E-state index in [4.69, 9.17) is 16.3 Å². The lowest BCUT2D eigenvalue weighted by molar-refractivity contribution is -0.123. The van der Waals surface area contributed by atoms with Crippen molar-refractivity contribution in [2.24, 2.45) is 23.7 Å². The molecular formula is C21H14ClN3O3S. The number of hydrogen-bond donors (Lipinski definition) is 0. The van der Waals surface area contributed by atoms with Gasteiger partial charge in [0.25, 0.3) is 0 Å². The number of benzene rings is 1. The Morgan fingerprint density at radius 2 is 1.76 bits per heavy atom. The second-order valence-corrected chi connectivity index (χ2v) is 8.95. The Balaban J connectivity index is 1.32. The summed E-state index contributed by atoms with van der Waals surface area (Å²) in [5, 5.41) is 0.789. The maximum absolute atomic E-state index is 13.0. The van der Waals surface area contributed by atoms with E-state index in [2.05, 4.69) is 22.1 Å². The first-order valence-electron chi connectivity index (χ1n) is 9.34. The van der Waals surface area contributed by atoms with Crippen molar-refractivity contribution in [2.75, 3.05) is 4.90 Å². The van der Waals surface area contributed by atoms with Crippen LogP contribution in [0.3, 0.4) is 0 Å². The zero-order chi connectivity index (χ0) is 19.7. The Morgan fingerprint density at radius 1 is 1.03 bits per heavy atom. The molecule has 29 heavy (non-hydrogen) atoms. The van der Waals surface area contributed by atoms with Crippen molar-refractivity contribution in [2.45, 2.75) is 6.42 Å². The van der Waals surface area contributed by atoms with Gasteiger partial charge in [-0.1, -0.05) is 35.1 Å². The molecule has 2 amide bonds. The highest BCUT2D eigenvalue weighted by atomic mass is 35.5. The third-order valence-electron chi connectivity index (χ3n) is 5.94. The number of rotatable bonds is 3. The van der Waals surface area contributed by atoms with Crippen LogP contribution in [0.1, 0.15) is 6.42 Å². The number of amides is 2. The van der Waals surface area contributed by atoms with Crippen LogP contribution in [0.4, 0.5) is 5.13 Å². The van der Waals surface area contributed by atoms with Gasteiger partial charge in [0.15, 0.2) is 5.13 Å². The van der Waals surface area contributed by atoms with Gasteiger partial charge in [-0.15, -0.1) is 0 Å². The van der Waals surface area contributed by atoms with E-state index in [0.717, 1.165) is 16.6 Å². The quantitative estimate of drug-likeness (QED) is 0.353. The minimum atomic E-state index is -0.222. The van der Waals surface area contributed by atoms with E-state index in [0.29, 0.717) is 21.8 Å². The Kier molecular flexibility index (Phi) is 3.61. The molecule has 1 aromatic carbocycles. The molecule has 3 aliphatic rings. The zero-order valence-corrected chi connectivity index (χ0v) is 16.6. The number of ether oxygens (including phenoxy) is 1. The van der Waals surface area contributed by atoms with Gasteiger partial charge in [-0.3, -0.25) is 9.59 Å². The van der Waals surface area contributed by atoms with Crippen molar-refractivity contribution in [3.05, 3.63) is 53.8 Å². The monoisotopic (exact) mass is 423 g/mol. The van der Waals surface area contributed by atoms with Crippen LogP contribution in [0, 0.1) is 23.7 Å². The third-order valence-corrected chi connectivity index (χ3v) is 7.15. The van der Waals surface area contributed by atoms with E-state index < -0.39 is 0 Å². The van der Waals surface area contributed by atoms with Crippen LogP contribution in [-0.4, -0.2) is 21.8 Å². The van der Waals surface area contributed by atoms with E-state index in [1.807, 2.05) is 12.1 Å². The number of allylic oxidation sites excluding steroid dienone is 2. The van der Waals surface area contributed by atoms with E-state index in [9.17, 15) is 9.59 Å². The van der Waals surface area contributed by atoms with Gasteiger partial charge in [0, 0.05) is 18.3 Å². The van der Waals surface area contributed by atoms with Crippen LogP contribution in [0.15, 0.2) is 48.7 Å². The van der Waals surface area contributed by atoms with Crippen molar-refractivity contribution < 1.29 is 14.3 Å². The second-order valence-electron chi connectivity index (χ2n) is 7.55. The van der Waals surface area contributed by atoms with Gasteiger partial charge < -0.3 is 4.74 Å². The summed E-state index contributed by atoms with van der Waals surface area (Å²) in [6.45, 7) is 0. The Hall–Kier alpha value is -2.77. The maximum Gasteiger partial charge on any atom is 0.240 e. The molecule has 3 heterocycles. The summed E-state index contributed by atoms with van der Waals surface area (Å²) < 4.78 is 6.68. The van der Waals surface area contributed by atoms with Gasteiger partial charge >= 0.3 is 0 Å². The van der Waals surface area contributed by atoms with E-state index in [1.54, 1.807) is 24.4 Å². The highest BCUT2D eigenvalue weighted by Crippen LogP contribution is 2.53. The van der Waals surface area contributed by atoms with Crippen molar-refractivity contribution in [1.29, 1.82) is 0 Å². The minimum Gasteiger partial charge on any atom is -0.457 e. The van der Waals surface area contributed by atoms with Gasteiger partial charge in [-0.25, -0.2) is 14.9 Å². The standard InChI is InChI=1S/C21H14ClN3O3S/c22-16-9-13(5-6-23-16)28-12-3-4-14-15(8-12)29-21(24-14)25-19(26)17-10-1-2-11(7-10)18(17)20(25)27/h1-6,8-11,17-18H,7H2/t10?,11?,17-,18+. The first kappa shape index (κ1) is 17.1. The van der Waals surface area contributed by atoms with E-state index in [1.165, 1.54) is 16.2 Å². The molecular weight excluding hydrogens is 410 g/mol. The third kappa shape index (κ3) is 2.54. The summed E-state index contributed by atoms with van der Waals surface area (Å²) in [5.41, 5.74) is 0.726. The summed E-state index contributed by atoms with van der Waals surface area (Å²) in [6, 6.07) is 8.82. The number of anilines is 1. The number of thiazole rings is 1. The van der Waals surface area contributed by atoms with Crippen LogP contribution in [0.2, 0.25) is 5.15 Å². The van der Waals surface area contributed by atoms with Crippen molar-refractivity contribution >= 4 is 50.1 Å². The average Bonchev–Trinajstić information content (AvgIpc) is 3.44. The first-order chi connectivity index (χ1) is 14.1. The van der Waals surface area contributed by atoms with Gasteiger partial charge in [0.2, 0.25) is 11.8 Å². The lowest BCUT2D eigenvalue weighted by atomic mass is 9.85. The first-order valence-corrected chi connectivity index (χ1v) is 10.5. The van der Waals surface area contributed by atoms with Gasteiger partial charge in [-0.2, -0.15) is 0 Å². The topological polar surface area (TPSA) is 72.4 Å². The molecule has 6 rings (SSSR count). The number of halogens is 1. The molecule has 2 unspecified atom stereocenters. The molecule has 2 bridgehead atoms. The van der Waals surface area contributed by atoms with Crippen LogP contribution in [-0.2, 0) is 9.59 Å². The molecule has 2 aromatic heterocycles. The Morgan fingerprint density at radius 3 is 2.48 bits per heavy atom. The maximum atomic E-state index is 13.0. The highest BCUT2D eigenvalue weighted by Gasteiger charge is 2.60. The SMILES string of the molecule is O=C1[C@@H]2C3C=CC(C3)[C@@H]2C(=O)N1c1nc2ccc(Oc3ccnc(Cl)c3)cc2s1. The van der Waals surface area contributed by atoms with E-state index in [-0.39, 0.29) is 35.5 Å². The number of pyridine rings is 1. The van der Waals surface area contributed by atoms with Crippen molar-refractivity contribution in [1.82, 2.24) is 9.97 Å². The van der Waals surface area contributed by atoms with Crippen molar-refractivity contribution in [3.8, 4) is 11.5 Å². The molecule has 0 radical (unpaired) electrons. The number of hydrogen-bond acceptors (Lipinski definition) is 6. The van der Waals surface area contributed by atoms with Crippen LogP contribution < -0.4 is 9.64 Å². The van der Waals surface area contributed by atoms with Gasteiger partial charge in [0.05, 0.1) is 22.1 Å². The summed E-state index contributed by atoms with van der Waals surface area (Å²) in [7, 11) is 0. The summed E-state index contributed by atoms with van der Waals surface area (Å²) in [4.78, 5) is 35.8. The number of aromatic nitrogens is 2. The van der Waals surface area contributed by atoms with Crippen LogP contribution in [0.5, 0.6) is 11.5 Å². The van der Waals surface area contributed by atoms with Crippen LogP contribution >= 0.6 is 22.9 Å². The van der Waals surface area contributed by atoms with Crippen LogP contribution in [0.25, 0.3) is 10.2 Å². The number of carbonyl (C=O) groups is 2.